The quantitative estimate of drug-likeness (QED) is 0.741. The van der Waals surface area contributed by atoms with Crippen molar-refractivity contribution in [2.24, 2.45) is 0 Å². The Labute approximate surface area is 155 Å². The van der Waals surface area contributed by atoms with Crippen LogP contribution < -0.4 is 4.90 Å². The van der Waals surface area contributed by atoms with Gasteiger partial charge < -0.3 is 14.5 Å². The van der Waals surface area contributed by atoms with E-state index in [1.807, 2.05) is 18.7 Å². The minimum atomic E-state index is -3.44. The molecule has 2 aliphatic rings. The lowest BCUT2D eigenvalue weighted by Gasteiger charge is -2.37. The summed E-state index contributed by atoms with van der Waals surface area (Å²) >= 11 is 0. The zero-order valence-electron chi connectivity index (χ0n) is 15.4. The summed E-state index contributed by atoms with van der Waals surface area (Å²) in [6.45, 7) is 7.81. The molecule has 0 aromatic heterocycles. The summed E-state index contributed by atoms with van der Waals surface area (Å²) in [6.07, 6.45) is 0.121. The molecule has 0 radical (unpaired) electrons. The summed E-state index contributed by atoms with van der Waals surface area (Å²) in [6, 6.07) is 8.52. The lowest BCUT2D eigenvalue weighted by Crippen LogP contribution is -3.15. The second-order valence-corrected chi connectivity index (χ2v) is 9.14. The first-order chi connectivity index (χ1) is 12.4. The molecule has 144 valence electrons. The van der Waals surface area contributed by atoms with Crippen LogP contribution in [0.1, 0.15) is 13.8 Å². The number of carbonyl (C=O) groups excluding carboxylic acids is 1. The van der Waals surface area contributed by atoms with Gasteiger partial charge in [-0.1, -0.05) is 18.2 Å². The maximum atomic E-state index is 12.7. The highest BCUT2D eigenvalue weighted by Gasteiger charge is 2.33. The number of amides is 1. The van der Waals surface area contributed by atoms with Crippen LogP contribution in [0.25, 0.3) is 0 Å². The Morgan fingerprint density at radius 3 is 2.27 bits per heavy atom. The summed E-state index contributed by atoms with van der Waals surface area (Å²) in [5, 5.41) is 0. The first-order valence-electron chi connectivity index (χ1n) is 9.18. The van der Waals surface area contributed by atoms with Gasteiger partial charge in [0.1, 0.15) is 0 Å². The fourth-order valence-corrected chi connectivity index (χ4v) is 5.13. The average molecular weight is 383 g/mol. The van der Waals surface area contributed by atoms with Crippen molar-refractivity contribution < 1.29 is 22.8 Å². The van der Waals surface area contributed by atoms with Gasteiger partial charge >= 0.3 is 0 Å². The highest BCUT2D eigenvalue weighted by atomic mass is 32.2. The molecule has 1 N–H and O–H groups in total. The number of rotatable bonds is 4. The van der Waals surface area contributed by atoms with Gasteiger partial charge in [0, 0.05) is 13.1 Å². The third kappa shape index (κ3) is 4.43. The van der Waals surface area contributed by atoms with Crippen molar-refractivity contribution in [3.8, 4) is 0 Å². The van der Waals surface area contributed by atoms with E-state index in [0.717, 1.165) is 4.90 Å². The summed E-state index contributed by atoms with van der Waals surface area (Å²) < 4.78 is 32.5. The zero-order valence-corrected chi connectivity index (χ0v) is 16.2. The number of piperazine rings is 1. The van der Waals surface area contributed by atoms with Crippen molar-refractivity contribution >= 4 is 15.9 Å². The molecule has 3 rings (SSSR count). The second-order valence-electron chi connectivity index (χ2n) is 7.20. The Hall–Kier alpha value is -1.48. The number of ether oxygens (including phenoxy) is 1. The summed E-state index contributed by atoms with van der Waals surface area (Å²) in [5.74, 6) is 0.126. The van der Waals surface area contributed by atoms with Gasteiger partial charge in [0.2, 0.25) is 10.0 Å². The average Bonchev–Trinajstić information content (AvgIpc) is 2.62. The molecule has 0 saturated carbocycles. The van der Waals surface area contributed by atoms with Crippen LogP contribution in [-0.2, 0) is 19.6 Å². The predicted molar refractivity (Wildman–Crippen MR) is 97.4 cm³/mol. The Morgan fingerprint density at radius 2 is 1.69 bits per heavy atom. The Bertz CT molecular complexity index is 707. The van der Waals surface area contributed by atoms with Crippen LogP contribution in [0, 0.1) is 0 Å². The molecule has 26 heavy (non-hydrogen) atoms. The van der Waals surface area contributed by atoms with Crippen molar-refractivity contribution in [3.63, 3.8) is 0 Å². The van der Waals surface area contributed by atoms with Gasteiger partial charge in [-0.25, -0.2) is 8.42 Å². The van der Waals surface area contributed by atoms with E-state index < -0.39 is 10.0 Å². The van der Waals surface area contributed by atoms with E-state index in [1.54, 1.807) is 30.3 Å². The normalized spacial score (nSPS) is 26.0. The summed E-state index contributed by atoms with van der Waals surface area (Å²) in [7, 11) is -3.44. The number of hydrogen-bond donors (Lipinski definition) is 1. The molecule has 2 atom stereocenters. The van der Waals surface area contributed by atoms with E-state index in [9.17, 15) is 13.2 Å². The smallest absolute Gasteiger partial charge is 0.277 e. The maximum Gasteiger partial charge on any atom is 0.277 e. The number of quaternary nitrogens is 1. The third-order valence-corrected chi connectivity index (χ3v) is 6.90. The molecule has 1 aromatic rings. The molecule has 0 unspecified atom stereocenters. The first-order valence-corrected chi connectivity index (χ1v) is 10.6. The van der Waals surface area contributed by atoms with Crippen molar-refractivity contribution in [3.05, 3.63) is 30.3 Å². The Morgan fingerprint density at radius 1 is 1.12 bits per heavy atom. The number of morpholine rings is 1. The first kappa shape index (κ1) is 19.3. The van der Waals surface area contributed by atoms with Gasteiger partial charge in [0.25, 0.3) is 5.91 Å². The number of hydrogen-bond acceptors (Lipinski definition) is 4. The van der Waals surface area contributed by atoms with Crippen molar-refractivity contribution in [1.82, 2.24) is 9.21 Å². The largest absolute Gasteiger partial charge is 0.372 e. The molecule has 2 saturated heterocycles. The molecular weight excluding hydrogens is 354 g/mol. The minimum Gasteiger partial charge on any atom is -0.372 e. The lowest BCUT2D eigenvalue weighted by molar-refractivity contribution is -0.896. The van der Waals surface area contributed by atoms with Crippen LogP contribution in [0.3, 0.4) is 0 Å². The SMILES string of the molecule is C[C@@H]1CN(C(=O)C[NH+]2CCN(S(=O)(=O)c3ccccc3)CC2)C[C@@H](C)O1. The standard InChI is InChI=1S/C18H27N3O4S/c1-15-12-20(13-16(2)25-15)18(22)14-19-8-10-21(11-9-19)26(23,24)17-6-4-3-5-7-17/h3-7,15-16H,8-14H2,1-2H3/p+1/t15-,16-/m1/s1. The van der Waals surface area contributed by atoms with E-state index in [1.165, 1.54) is 4.31 Å². The molecule has 1 aromatic carbocycles. The van der Waals surface area contributed by atoms with E-state index in [2.05, 4.69) is 0 Å². The van der Waals surface area contributed by atoms with Gasteiger partial charge in [-0.2, -0.15) is 4.31 Å². The van der Waals surface area contributed by atoms with Crippen LogP contribution in [0.15, 0.2) is 35.2 Å². The zero-order chi connectivity index (χ0) is 18.7. The van der Waals surface area contributed by atoms with Crippen molar-refractivity contribution in [2.45, 2.75) is 31.0 Å². The van der Waals surface area contributed by atoms with Crippen LogP contribution in [-0.4, -0.2) is 81.6 Å². The van der Waals surface area contributed by atoms with E-state index in [4.69, 9.17) is 4.74 Å². The van der Waals surface area contributed by atoms with Crippen LogP contribution >= 0.6 is 0 Å². The fourth-order valence-electron chi connectivity index (χ4n) is 3.67. The maximum absolute atomic E-state index is 12.7. The molecule has 0 spiro atoms. The van der Waals surface area contributed by atoms with Gasteiger partial charge in [-0.05, 0) is 26.0 Å². The molecule has 0 bridgehead atoms. The Kier molecular flexibility index (Phi) is 5.96. The topological polar surface area (TPSA) is 71.4 Å². The second kappa shape index (κ2) is 8.04. The van der Waals surface area contributed by atoms with Crippen molar-refractivity contribution in [1.29, 1.82) is 0 Å². The van der Waals surface area contributed by atoms with E-state index in [-0.39, 0.29) is 18.1 Å². The third-order valence-electron chi connectivity index (χ3n) is 4.98. The number of nitrogens with one attached hydrogen (secondary N) is 1. The summed E-state index contributed by atoms with van der Waals surface area (Å²) in [5.41, 5.74) is 0. The van der Waals surface area contributed by atoms with Crippen LogP contribution in [0.4, 0.5) is 0 Å². The molecular formula is C18H28N3O4S+. The fraction of sp³-hybridized carbons (Fsp3) is 0.611. The number of benzene rings is 1. The van der Waals surface area contributed by atoms with E-state index >= 15 is 0 Å². The molecule has 2 aliphatic heterocycles. The van der Waals surface area contributed by atoms with Gasteiger partial charge in [-0.3, -0.25) is 4.79 Å². The summed E-state index contributed by atoms with van der Waals surface area (Å²) in [4.78, 5) is 15.9. The predicted octanol–water partition coefficient (Wildman–Crippen LogP) is -0.788. The Balaban J connectivity index is 1.53. The van der Waals surface area contributed by atoms with Gasteiger partial charge in [0.05, 0.1) is 43.3 Å². The molecule has 8 heteroatoms. The lowest BCUT2D eigenvalue weighted by atomic mass is 10.2. The van der Waals surface area contributed by atoms with Gasteiger partial charge in [-0.15, -0.1) is 0 Å². The molecule has 2 fully saturated rings. The number of sulfonamides is 1. The van der Waals surface area contributed by atoms with Crippen molar-refractivity contribution in [2.75, 3.05) is 45.8 Å². The highest BCUT2D eigenvalue weighted by Crippen LogP contribution is 2.15. The number of nitrogens with zero attached hydrogens (tertiary/aromatic N) is 2. The van der Waals surface area contributed by atoms with Crippen LogP contribution in [0.5, 0.6) is 0 Å². The molecule has 2 heterocycles. The monoisotopic (exact) mass is 382 g/mol. The van der Waals surface area contributed by atoms with E-state index in [0.29, 0.717) is 50.7 Å². The van der Waals surface area contributed by atoms with Gasteiger partial charge in [0.15, 0.2) is 6.54 Å². The van der Waals surface area contributed by atoms with Crippen LogP contribution in [0.2, 0.25) is 0 Å². The highest BCUT2D eigenvalue weighted by molar-refractivity contribution is 7.89. The molecule has 0 aliphatic carbocycles. The minimum absolute atomic E-state index is 0.0607. The molecule has 1 amide bonds. The molecule has 7 nitrogen and oxygen atoms in total. The number of carbonyl (C=O) groups is 1.